The lowest BCUT2D eigenvalue weighted by molar-refractivity contribution is -0.146. The summed E-state index contributed by atoms with van der Waals surface area (Å²) in [7, 11) is 0. The van der Waals surface area contributed by atoms with Gasteiger partial charge in [-0.05, 0) is 38.0 Å². The molecule has 0 aromatic rings. The summed E-state index contributed by atoms with van der Waals surface area (Å²) in [6.07, 6.45) is 3.24. The van der Waals surface area contributed by atoms with E-state index in [0.29, 0.717) is 18.6 Å². The highest BCUT2D eigenvalue weighted by molar-refractivity contribution is 5.75. The fourth-order valence-electron chi connectivity index (χ4n) is 2.45. The predicted molar refractivity (Wildman–Crippen MR) is 65.2 cm³/mol. The second kappa shape index (κ2) is 6.24. The maximum Gasteiger partial charge on any atom is 0.323 e. The largest absolute Gasteiger partial charge is 0.465 e. The van der Waals surface area contributed by atoms with Crippen LogP contribution in [0.2, 0.25) is 0 Å². The molecule has 1 fully saturated rings. The number of carbonyl (C=O) groups is 1. The van der Waals surface area contributed by atoms with E-state index in [2.05, 4.69) is 19.2 Å². The number of hydrogen-bond donors (Lipinski definition) is 1. The Hall–Kier alpha value is -0.570. The minimum absolute atomic E-state index is 0.100. The highest BCUT2D eigenvalue weighted by Crippen LogP contribution is 2.31. The molecule has 1 aliphatic rings. The summed E-state index contributed by atoms with van der Waals surface area (Å²) in [5.74, 6) is 1.32. The molecule has 1 aliphatic carbocycles. The molecule has 16 heavy (non-hydrogen) atoms. The molecule has 3 heteroatoms. The second-order valence-corrected chi connectivity index (χ2v) is 4.90. The van der Waals surface area contributed by atoms with E-state index in [9.17, 15) is 4.79 Å². The molecule has 1 N–H and O–H groups in total. The summed E-state index contributed by atoms with van der Waals surface area (Å²) in [5.41, 5.74) is 0. The molecule has 3 nitrogen and oxygen atoms in total. The molecule has 0 heterocycles. The first-order valence-electron chi connectivity index (χ1n) is 6.52. The normalized spacial score (nSPS) is 31.4. The lowest BCUT2D eigenvalue weighted by Crippen LogP contribution is -2.45. The number of hydrogen-bond acceptors (Lipinski definition) is 3. The van der Waals surface area contributed by atoms with Gasteiger partial charge in [0.05, 0.1) is 6.61 Å². The number of nitrogens with one attached hydrogen (secondary N) is 1. The van der Waals surface area contributed by atoms with Crippen LogP contribution >= 0.6 is 0 Å². The average molecular weight is 227 g/mol. The topological polar surface area (TPSA) is 38.3 Å². The van der Waals surface area contributed by atoms with Crippen molar-refractivity contribution in [1.29, 1.82) is 0 Å². The Balaban J connectivity index is 2.47. The van der Waals surface area contributed by atoms with Gasteiger partial charge in [-0.2, -0.15) is 0 Å². The van der Waals surface area contributed by atoms with Gasteiger partial charge in [-0.1, -0.05) is 20.8 Å². The third kappa shape index (κ3) is 3.21. The van der Waals surface area contributed by atoms with Gasteiger partial charge in [0.2, 0.25) is 0 Å². The van der Waals surface area contributed by atoms with Crippen molar-refractivity contribution in [1.82, 2.24) is 5.32 Å². The molecule has 0 amide bonds. The van der Waals surface area contributed by atoms with Crippen molar-refractivity contribution in [3.63, 3.8) is 0 Å². The first-order valence-corrected chi connectivity index (χ1v) is 6.52. The van der Waals surface area contributed by atoms with Crippen LogP contribution in [0.15, 0.2) is 0 Å². The van der Waals surface area contributed by atoms with Crippen molar-refractivity contribution in [3.05, 3.63) is 0 Å². The number of ether oxygens (including phenoxy) is 1. The first kappa shape index (κ1) is 13.5. The molecular formula is C13H25NO2. The maximum absolute atomic E-state index is 11.7. The van der Waals surface area contributed by atoms with Crippen LogP contribution in [-0.2, 0) is 9.53 Å². The van der Waals surface area contributed by atoms with Crippen molar-refractivity contribution in [2.75, 3.05) is 6.61 Å². The minimum atomic E-state index is -0.127. The number of esters is 1. The molecule has 0 radical (unpaired) electrons. The maximum atomic E-state index is 11.7. The Bertz CT molecular complexity index is 230. The van der Waals surface area contributed by atoms with E-state index in [1.807, 2.05) is 13.8 Å². The molecule has 0 aromatic heterocycles. The molecular weight excluding hydrogens is 202 g/mol. The minimum Gasteiger partial charge on any atom is -0.465 e. The van der Waals surface area contributed by atoms with Crippen molar-refractivity contribution in [3.8, 4) is 0 Å². The van der Waals surface area contributed by atoms with Crippen LogP contribution < -0.4 is 5.32 Å². The standard InChI is InChI=1S/C13H25NO2/c1-5-11(13(15)16-6-2)14-12-8-7-9(3)10(12)4/h9-12,14H,5-8H2,1-4H3. The highest BCUT2D eigenvalue weighted by atomic mass is 16.5. The van der Waals surface area contributed by atoms with E-state index in [4.69, 9.17) is 4.74 Å². The van der Waals surface area contributed by atoms with E-state index < -0.39 is 0 Å². The third-order valence-corrected chi connectivity index (χ3v) is 3.86. The molecule has 0 saturated heterocycles. The van der Waals surface area contributed by atoms with Gasteiger partial charge < -0.3 is 10.1 Å². The van der Waals surface area contributed by atoms with Crippen LogP contribution in [0, 0.1) is 11.8 Å². The van der Waals surface area contributed by atoms with Crippen molar-refractivity contribution >= 4 is 5.97 Å². The van der Waals surface area contributed by atoms with Crippen LogP contribution in [0.4, 0.5) is 0 Å². The number of carbonyl (C=O) groups excluding carboxylic acids is 1. The molecule has 1 saturated carbocycles. The summed E-state index contributed by atoms with van der Waals surface area (Å²) in [5, 5.41) is 3.46. The quantitative estimate of drug-likeness (QED) is 0.733. The predicted octanol–water partition coefficient (Wildman–Crippen LogP) is 2.35. The summed E-state index contributed by atoms with van der Waals surface area (Å²) < 4.78 is 5.07. The van der Waals surface area contributed by atoms with Gasteiger partial charge in [0.15, 0.2) is 0 Å². The van der Waals surface area contributed by atoms with E-state index in [0.717, 1.165) is 12.3 Å². The Morgan fingerprint density at radius 2 is 2.06 bits per heavy atom. The van der Waals surface area contributed by atoms with Gasteiger partial charge in [-0.3, -0.25) is 4.79 Å². The van der Waals surface area contributed by atoms with E-state index in [1.54, 1.807) is 0 Å². The van der Waals surface area contributed by atoms with Crippen LogP contribution in [-0.4, -0.2) is 24.7 Å². The SMILES string of the molecule is CCOC(=O)C(CC)NC1CCC(C)C1C. The van der Waals surface area contributed by atoms with E-state index in [-0.39, 0.29) is 12.0 Å². The molecule has 94 valence electrons. The molecule has 0 aromatic carbocycles. The molecule has 4 unspecified atom stereocenters. The zero-order valence-corrected chi connectivity index (χ0v) is 11.0. The van der Waals surface area contributed by atoms with E-state index in [1.165, 1.54) is 12.8 Å². The number of rotatable bonds is 5. The molecule has 0 aliphatic heterocycles. The van der Waals surface area contributed by atoms with Crippen LogP contribution in [0.25, 0.3) is 0 Å². The summed E-state index contributed by atoms with van der Waals surface area (Å²) in [4.78, 5) is 11.7. The summed E-state index contributed by atoms with van der Waals surface area (Å²) in [6.45, 7) is 8.90. The van der Waals surface area contributed by atoms with Gasteiger partial charge in [0.1, 0.15) is 6.04 Å². The van der Waals surface area contributed by atoms with Gasteiger partial charge >= 0.3 is 5.97 Å². The smallest absolute Gasteiger partial charge is 0.323 e. The molecule has 0 bridgehead atoms. The van der Waals surface area contributed by atoms with Crippen LogP contribution in [0.1, 0.15) is 47.0 Å². The van der Waals surface area contributed by atoms with Crippen LogP contribution in [0.3, 0.4) is 0 Å². The van der Waals surface area contributed by atoms with Gasteiger partial charge in [0.25, 0.3) is 0 Å². The Morgan fingerprint density at radius 1 is 1.38 bits per heavy atom. The average Bonchev–Trinajstić information content (AvgIpc) is 2.57. The Labute approximate surface area is 98.9 Å². The summed E-state index contributed by atoms with van der Waals surface area (Å²) >= 11 is 0. The zero-order chi connectivity index (χ0) is 12.1. The molecule has 4 atom stereocenters. The highest BCUT2D eigenvalue weighted by Gasteiger charge is 2.32. The summed E-state index contributed by atoms with van der Waals surface area (Å²) in [6, 6.07) is 0.349. The van der Waals surface area contributed by atoms with E-state index >= 15 is 0 Å². The Morgan fingerprint density at radius 3 is 2.50 bits per heavy atom. The fraction of sp³-hybridized carbons (Fsp3) is 0.923. The van der Waals surface area contributed by atoms with Crippen molar-refractivity contribution in [2.24, 2.45) is 11.8 Å². The zero-order valence-electron chi connectivity index (χ0n) is 11.0. The van der Waals surface area contributed by atoms with Gasteiger partial charge in [-0.15, -0.1) is 0 Å². The second-order valence-electron chi connectivity index (χ2n) is 4.90. The Kier molecular flexibility index (Phi) is 5.26. The van der Waals surface area contributed by atoms with Gasteiger partial charge in [0, 0.05) is 6.04 Å². The fourth-order valence-corrected chi connectivity index (χ4v) is 2.45. The molecule has 1 rings (SSSR count). The van der Waals surface area contributed by atoms with Crippen molar-refractivity contribution in [2.45, 2.75) is 59.0 Å². The molecule has 0 spiro atoms. The lowest BCUT2D eigenvalue weighted by atomic mass is 9.97. The monoisotopic (exact) mass is 227 g/mol. The van der Waals surface area contributed by atoms with Gasteiger partial charge in [-0.25, -0.2) is 0 Å². The van der Waals surface area contributed by atoms with Crippen molar-refractivity contribution < 1.29 is 9.53 Å². The first-order chi connectivity index (χ1) is 7.60. The van der Waals surface area contributed by atoms with Crippen LogP contribution in [0.5, 0.6) is 0 Å². The third-order valence-electron chi connectivity index (χ3n) is 3.86. The lowest BCUT2D eigenvalue weighted by Gasteiger charge is -2.24.